The van der Waals surface area contributed by atoms with Crippen molar-refractivity contribution in [2.45, 2.75) is 6.92 Å². The van der Waals surface area contributed by atoms with Gasteiger partial charge < -0.3 is 5.48 Å². The highest BCUT2D eigenvalue weighted by molar-refractivity contribution is 7.99. The van der Waals surface area contributed by atoms with E-state index in [4.69, 9.17) is 0 Å². The van der Waals surface area contributed by atoms with Crippen LogP contribution in [0, 0.1) is 0 Å². The molecule has 1 aliphatic heterocycles. The molecule has 2 N–H and O–H groups in total. The van der Waals surface area contributed by atoms with Gasteiger partial charge in [0.05, 0.1) is 11.5 Å². The summed E-state index contributed by atoms with van der Waals surface area (Å²) in [6.45, 7) is 1.74. The molecule has 0 aromatic carbocycles. The summed E-state index contributed by atoms with van der Waals surface area (Å²) in [4.78, 5) is 10.4. The van der Waals surface area contributed by atoms with Crippen molar-refractivity contribution in [1.29, 1.82) is 0 Å². The first kappa shape index (κ1) is 7.65. The Morgan fingerprint density at radius 1 is 1.75 bits per heavy atom. The van der Waals surface area contributed by atoms with Crippen molar-refractivity contribution in [2.75, 3.05) is 5.75 Å². The van der Waals surface area contributed by atoms with Crippen molar-refractivity contribution in [3.8, 4) is 0 Å². The third-order valence-corrected chi connectivity index (χ3v) is 1.59. The van der Waals surface area contributed by atoms with Gasteiger partial charge in [0.25, 0.3) is 0 Å². The molecule has 0 bridgehead atoms. The Labute approximate surface area is 51.6 Å². The minimum Gasteiger partial charge on any atom is -0.412 e. The van der Waals surface area contributed by atoms with Crippen LogP contribution in [0.25, 0.3) is 0 Å². The van der Waals surface area contributed by atoms with Crippen molar-refractivity contribution in [2.24, 2.45) is 4.40 Å². The summed E-state index contributed by atoms with van der Waals surface area (Å²) in [6, 6.07) is 0. The van der Waals surface area contributed by atoms with E-state index in [-0.39, 0.29) is 11.3 Å². The Hall–Kier alpha value is -0.350. The third kappa shape index (κ3) is 1.31. The maximum absolute atomic E-state index is 10.4. The first-order valence-electron chi connectivity index (χ1n) is 2.00. The minimum atomic E-state index is 0. The molecular weight excluding hydrogens is 126 g/mol. The van der Waals surface area contributed by atoms with Crippen molar-refractivity contribution in [3.63, 3.8) is 0 Å². The number of rotatable bonds is 0. The highest BCUT2D eigenvalue weighted by atomic mass is 32.2. The molecule has 1 heterocycles. The Morgan fingerprint density at radius 2 is 2.38 bits per heavy atom. The van der Waals surface area contributed by atoms with Crippen LogP contribution in [0.15, 0.2) is 4.40 Å². The molecule has 0 amide bonds. The molecule has 0 atom stereocenters. The Morgan fingerprint density at radius 3 is 2.50 bits per heavy atom. The van der Waals surface area contributed by atoms with E-state index >= 15 is 0 Å². The molecule has 0 unspecified atom stereocenters. The van der Waals surface area contributed by atoms with Gasteiger partial charge in [-0.05, 0) is 18.9 Å². The molecular formula is C4H7NO2S. The molecule has 3 nitrogen and oxygen atoms in total. The zero-order valence-electron chi connectivity index (χ0n) is 4.47. The maximum atomic E-state index is 10.4. The van der Waals surface area contributed by atoms with Gasteiger partial charge in [0.2, 0.25) is 0 Å². The maximum Gasteiger partial charge on any atom is 0.189 e. The lowest BCUT2D eigenvalue weighted by atomic mass is 10.3. The van der Waals surface area contributed by atoms with E-state index in [2.05, 4.69) is 4.40 Å². The van der Waals surface area contributed by atoms with Gasteiger partial charge in [-0.3, -0.25) is 4.79 Å². The van der Waals surface area contributed by atoms with E-state index in [1.807, 2.05) is 0 Å². The van der Waals surface area contributed by atoms with Crippen LogP contribution in [0.3, 0.4) is 0 Å². The fraction of sp³-hybridized carbons (Fsp3) is 0.500. The fourth-order valence-electron chi connectivity index (χ4n) is 0.343. The quantitative estimate of drug-likeness (QED) is 0.431. The summed E-state index contributed by atoms with van der Waals surface area (Å²) < 4.78 is 3.80. The zero-order valence-corrected chi connectivity index (χ0v) is 5.29. The van der Waals surface area contributed by atoms with Gasteiger partial charge in [0, 0.05) is 0 Å². The first-order chi connectivity index (χ1) is 3.30. The average molecular weight is 133 g/mol. The van der Waals surface area contributed by atoms with Crippen LogP contribution in [-0.2, 0) is 4.79 Å². The smallest absolute Gasteiger partial charge is 0.189 e. The number of hydrogen-bond donors (Lipinski definition) is 0. The largest absolute Gasteiger partial charge is 0.412 e. The van der Waals surface area contributed by atoms with Crippen LogP contribution in [-0.4, -0.2) is 22.7 Å². The lowest BCUT2D eigenvalue weighted by Gasteiger charge is -1.76. The highest BCUT2D eigenvalue weighted by Gasteiger charge is 2.11. The van der Waals surface area contributed by atoms with Crippen LogP contribution in [0.5, 0.6) is 0 Å². The van der Waals surface area contributed by atoms with Gasteiger partial charge in [0.1, 0.15) is 0 Å². The summed E-state index contributed by atoms with van der Waals surface area (Å²) in [5.74, 6) is 0.719. The van der Waals surface area contributed by atoms with Crippen molar-refractivity contribution in [1.82, 2.24) is 0 Å². The van der Waals surface area contributed by atoms with E-state index < -0.39 is 0 Å². The van der Waals surface area contributed by atoms with Crippen molar-refractivity contribution in [3.05, 3.63) is 0 Å². The predicted octanol–water partition coefficient (Wildman–Crippen LogP) is -0.147. The Kier molecular flexibility index (Phi) is 2.71. The number of carbonyl (C=O) groups excluding carboxylic acids is 1. The topological polar surface area (TPSA) is 60.9 Å². The normalized spacial score (nSPS) is 17.6. The molecule has 0 aliphatic carbocycles. The Balaban J connectivity index is 0.000000490. The highest BCUT2D eigenvalue weighted by Crippen LogP contribution is 2.10. The monoisotopic (exact) mass is 133 g/mol. The number of ketones is 1. The summed E-state index contributed by atoms with van der Waals surface area (Å²) >= 11 is 1.33. The van der Waals surface area contributed by atoms with Crippen LogP contribution in [0.2, 0.25) is 0 Å². The second-order valence-corrected chi connectivity index (χ2v) is 2.10. The SMILES string of the molecule is CC1=NSCC1=O.O. The molecule has 0 radical (unpaired) electrons. The second kappa shape index (κ2) is 2.84. The molecule has 0 aromatic rings. The minimum absolute atomic E-state index is 0. The van der Waals surface area contributed by atoms with Crippen LogP contribution in [0.1, 0.15) is 6.92 Å². The number of carbonyl (C=O) groups is 1. The fourth-order valence-corrected chi connectivity index (χ4v) is 1.03. The van der Waals surface area contributed by atoms with Gasteiger partial charge in [-0.2, -0.15) is 0 Å². The summed E-state index contributed by atoms with van der Waals surface area (Å²) in [7, 11) is 0. The van der Waals surface area contributed by atoms with E-state index in [9.17, 15) is 4.79 Å². The second-order valence-electron chi connectivity index (χ2n) is 1.37. The average Bonchev–Trinajstić information content (AvgIpc) is 1.91. The van der Waals surface area contributed by atoms with Crippen molar-refractivity contribution < 1.29 is 10.3 Å². The van der Waals surface area contributed by atoms with Gasteiger partial charge >= 0.3 is 0 Å². The van der Waals surface area contributed by atoms with Gasteiger partial charge in [-0.15, -0.1) is 0 Å². The summed E-state index contributed by atoms with van der Waals surface area (Å²) in [5.41, 5.74) is 0.657. The number of hydrogen-bond acceptors (Lipinski definition) is 3. The van der Waals surface area contributed by atoms with Crippen LogP contribution >= 0.6 is 11.9 Å². The zero-order chi connectivity index (χ0) is 5.28. The number of nitrogens with zero attached hydrogens (tertiary/aromatic N) is 1. The molecule has 0 spiro atoms. The van der Waals surface area contributed by atoms with Gasteiger partial charge in [-0.25, -0.2) is 4.40 Å². The standard InChI is InChI=1S/C4H5NOS.H2O/c1-3-4(6)2-7-5-3;/h2H2,1H3;1H2. The molecule has 0 aromatic heterocycles. The van der Waals surface area contributed by atoms with Crippen LogP contribution < -0.4 is 0 Å². The summed E-state index contributed by atoms with van der Waals surface area (Å²) in [6.07, 6.45) is 0. The molecule has 0 saturated carbocycles. The molecule has 8 heavy (non-hydrogen) atoms. The lowest BCUT2D eigenvalue weighted by Crippen LogP contribution is -2.04. The van der Waals surface area contributed by atoms with Gasteiger partial charge in [0.15, 0.2) is 5.78 Å². The number of Topliss-reactive ketones (excluding diaryl/α,β-unsaturated/α-hetero) is 1. The lowest BCUT2D eigenvalue weighted by molar-refractivity contribution is -0.110. The first-order valence-corrected chi connectivity index (χ1v) is 2.95. The third-order valence-electron chi connectivity index (χ3n) is 0.801. The van der Waals surface area contributed by atoms with Gasteiger partial charge in [-0.1, -0.05) is 0 Å². The van der Waals surface area contributed by atoms with Crippen molar-refractivity contribution >= 4 is 23.4 Å². The Bertz CT molecular complexity index is 132. The van der Waals surface area contributed by atoms with E-state index in [0.717, 1.165) is 0 Å². The molecule has 0 saturated heterocycles. The predicted molar refractivity (Wildman–Crippen MR) is 34.2 cm³/mol. The van der Waals surface area contributed by atoms with E-state index in [1.165, 1.54) is 11.9 Å². The molecule has 0 fully saturated rings. The summed E-state index contributed by atoms with van der Waals surface area (Å²) in [5, 5.41) is 0. The van der Waals surface area contributed by atoms with E-state index in [1.54, 1.807) is 6.92 Å². The molecule has 1 aliphatic rings. The van der Waals surface area contributed by atoms with E-state index in [0.29, 0.717) is 11.5 Å². The molecule has 46 valence electrons. The van der Waals surface area contributed by atoms with Crippen LogP contribution in [0.4, 0.5) is 0 Å². The molecule has 1 rings (SSSR count). The molecule has 4 heteroatoms.